The van der Waals surface area contributed by atoms with Crippen molar-refractivity contribution in [2.24, 2.45) is 0 Å². The van der Waals surface area contributed by atoms with Crippen LogP contribution in [0.4, 0.5) is 0 Å². The van der Waals surface area contributed by atoms with Gasteiger partial charge in [-0.15, -0.1) is 0 Å². The highest BCUT2D eigenvalue weighted by Crippen LogP contribution is 2.22. The molecule has 2 unspecified atom stereocenters. The van der Waals surface area contributed by atoms with Crippen molar-refractivity contribution < 1.29 is 14.6 Å². The zero-order valence-electron chi connectivity index (χ0n) is 9.75. The largest absolute Gasteiger partial charge is 0.480 e. The molecule has 0 bridgehead atoms. The summed E-state index contributed by atoms with van der Waals surface area (Å²) >= 11 is 0. The molecule has 2 atom stereocenters. The summed E-state index contributed by atoms with van der Waals surface area (Å²) in [5.41, 5.74) is -0.108. The number of carbonyl (C=O) groups is 1. The molecule has 4 heteroatoms. The summed E-state index contributed by atoms with van der Waals surface area (Å²) in [6, 6.07) is -0.0128. The number of nitrogens with one attached hydrogen (secondary N) is 1. The lowest BCUT2D eigenvalue weighted by Crippen LogP contribution is -2.36. The maximum absolute atomic E-state index is 10.7. The van der Waals surface area contributed by atoms with Gasteiger partial charge in [-0.25, -0.2) is 0 Å². The smallest absolute Gasteiger partial charge is 0.320 e. The minimum Gasteiger partial charge on any atom is -0.480 e. The van der Waals surface area contributed by atoms with Gasteiger partial charge >= 0.3 is 5.97 Å². The van der Waals surface area contributed by atoms with Gasteiger partial charge < -0.3 is 15.2 Å². The molecule has 1 aliphatic rings. The quantitative estimate of drug-likeness (QED) is 0.727. The van der Waals surface area contributed by atoms with E-state index in [0.717, 1.165) is 25.7 Å². The van der Waals surface area contributed by atoms with Crippen LogP contribution in [0.2, 0.25) is 0 Å². The second-order valence-corrected chi connectivity index (χ2v) is 4.83. The minimum atomic E-state index is -0.733. The van der Waals surface area contributed by atoms with Crippen molar-refractivity contribution >= 4 is 5.97 Å². The molecule has 1 fully saturated rings. The number of hydrogen-bond acceptors (Lipinski definition) is 3. The molecule has 88 valence electrons. The first-order chi connectivity index (χ1) is 6.94. The highest BCUT2D eigenvalue weighted by Gasteiger charge is 2.29. The van der Waals surface area contributed by atoms with Crippen molar-refractivity contribution in [1.29, 1.82) is 0 Å². The second-order valence-electron chi connectivity index (χ2n) is 4.83. The molecule has 1 saturated heterocycles. The van der Waals surface area contributed by atoms with Crippen molar-refractivity contribution in [2.45, 2.75) is 57.2 Å². The van der Waals surface area contributed by atoms with Crippen LogP contribution < -0.4 is 5.32 Å². The summed E-state index contributed by atoms with van der Waals surface area (Å²) in [5.74, 6) is -0.733. The van der Waals surface area contributed by atoms with E-state index in [1.54, 1.807) is 7.11 Å². The van der Waals surface area contributed by atoms with Crippen LogP contribution in [0.15, 0.2) is 0 Å². The van der Waals surface area contributed by atoms with Crippen molar-refractivity contribution in [3.05, 3.63) is 0 Å². The highest BCUT2D eigenvalue weighted by molar-refractivity contribution is 5.73. The van der Waals surface area contributed by atoms with E-state index in [1.807, 2.05) is 0 Å². The van der Waals surface area contributed by atoms with Crippen LogP contribution in [0.5, 0.6) is 0 Å². The van der Waals surface area contributed by atoms with Gasteiger partial charge in [0.25, 0.3) is 0 Å². The third-order valence-electron chi connectivity index (χ3n) is 3.19. The van der Waals surface area contributed by atoms with Crippen LogP contribution in [-0.2, 0) is 9.53 Å². The van der Waals surface area contributed by atoms with Crippen LogP contribution in [0.25, 0.3) is 0 Å². The van der Waals surface area contributed by atoms with E-state index in [9.17, 15) is 4.79 Å². The van der Waals surface area contributed by atoms with Gasteiger partial charge in [0.05, 0.1) is 5.60 Å². The Hall–Kier alpha value is -0.610. The predicted molar refractivity (Wildman–Crippen MR) is 57.9 cm³/mol. The van der Waals surface area contributed by atoms with Gasteiger partial charge in [0.1, 0.15) is 6.04 Å². The first-order valence-corrected chi connectivity index (χ1v) is 5.48. The lowest BCUT2D eigenvalue weighted by atomic mass is 9.98. The van der Waals surface area contributed by atoms with Crippen molar-refractivity contribution in [3.8, 4) is 0 Å². The topological polar surface area (TPSA) is 58.6 Å². The summed E-state index contributed by atoms with van der Waals surface area (Å²) < 4.78 is 5.33. The SMILES string of the molecule is COC(C)(C)CCC1CCC(C(=O)O)N1. The zero-order valence-corrected chi connectivity index (χ0v) is 9.75. The molecule has 15 heavy (non-hydrogen) atoms. The summed E-state index contributed by atoms with van der Waals surface area (Å²) in [6.45, 7) is 4.10. The van der Waals surface area contributed by atoms with Gasteiger partial charge in [-0.05, 0) is 39.5 Å². The standard InChI is InChI=1S/C11H21NO3/c1-11(2,15-3)7-6-8-4-5-9(12-8)10(13)14/h8-9,12H,4-7H2,1-3H3,(H,13,14). The van der Waals surface area contributed by atoms with Gasteiger partial charge in [-0.3, -0.25) is 4.79 Å². The van der Waals surface area contributed by atoms with Crippen molar-refractivity contribution in [3.63, 3.8) is 0 Å². The summed E-state index contributed by atoms with van der Waals surface area (Å²) in [6.07, 6.45) is 3.63. The van der Waals surface area contributed by atoms with Crippen LogP contribution in [0, 0.1) is 0 Å². The van der Waals surface area contributed by atoms with Gasteiger partial charge in [-0.2, -0.15) is 0 Å². The fraction of sp³-hybridized carbons (Fsp3) is 0.909. The molecular weight excluding hydrogens is 194 g/mol. The summed E-state index contributed by atoms with van der Waals surface area (Å²) in [7, 11) is 1.71. The molecule has 0 aromatic heterocycles. The van der Waals surface area contributed by atoms with Gasteiger partial charge in [-0.1, -0.05) is 0 Å². The fourth-order valence-electron chi connectivity index (χ4n) is 1.87. The van der Waals surface area contributed by atoms with Crippen LogP contribution in [-0.4, -0.2) is 35.9 Å². The van der Waals surface area contributed by atoms with Crippen molar-refractivity contribution in [1.82, 2.24) is 5.32 Å². The number of carboxylic acids is 1. The number of ether oxygens (including phenoxy) is 1. The maximum atomic E-state index is 10.7. The van der Waals surface area contributed by atoms with Crippen LogP contribution >= 0.6 is 0 Å². The molecule has 0 aromatic rings. The monoisotopic (exact) mass is 215 g/mol. The first kappa shape index (κ1) is 12.5. The molecule has 0 saturated carbocycles. The van der Waals surface area contributed by atoms with Gasteiger partial charge in [0.2, 0.25) is 0 Å². The lowest BCUT2D eigenvalue weighted by Gasteiger charge is -2.24. The predicted octanol–water partition coefficient (Wildman–Crippen LogP) is 1.40. The molecule has 0 spiro atoms. The van der Waals surface area contributed by atoms with E-state index < -0.39 is 5.97 Å². The number of carboxylic acid groups (broad SMARTS) is 1. The Labute approximate surface area is 91.0 Å². The highest BCUT2D eigenvalue weighted by atomic mass is 16.5. The Morgan fingerprint density at radius 3 is 2.67 bits per heavy atom. The summed E-state index contributed by atoms with van der Waals surface area (Å²) in [4.78, 5) is 10.7. The Morgan fingerprint density at radius 2 is 2.20 bits per heavy atom. The van der Waals surface area contributed by atoms with E-state index in [2.05, 4.69) is 19.2 Å². The van der Waals surface area contributed by atoms with E-state index in [1.165, 1.54) is 0 Å². The number of methoxy groups -OCH3 is 1. The number of rotatable bonds is 5. The van der Waals surface area contributed by atoms with Crippen LogP contribution in [0.3, 0.4) is 0 Å². The minimum absolute atomic E-state index is 0.108. The normalized spacial score (nSPS) is 26.9. The van der Waals surface area contributed by atoms with Gasteiger partial charge in [0, 0.05) is 13.2 Å². The second kappa shape index (κ2) is 4.94. The third-order valence-corrected chi connectivity index (χ3v) is 3.19. The molecule has 1 rings (SSSR count). The van der Waals surface area contributed by atoms with E-state index >= 15 is 0 Å². The molecule has 1 aliphatic heterocycles. The maximum Gasteiger partial charge on any atom is 0.320 e. The average Bonchev–Trinajstić information content (AvgIpc) is 2.63. The summed E-state index contributed by atoms with van der Waals surface area (Å²) in [5, 5.41) is 12.0. The molecule has 1 heterocycles. The van der Waals surface area contributed by atoms with Crippen molar-refractivity contribution in [2.75, 3.05) is 7.11 Å². The molecule has 4 nitrogen and oxygen atoms in total. The van der Waals surface area contributed by atoms with Gasteiger partial charge in [0.15, 0.2) is 0 Å². The number of hydrogen-bond donors (Lipinski definition) is 2. The number of aliphatic carboxylic acids is 1. The fourth-order valence-corrected chi connectivity index (χ4v) is 1.87. The Balaban J connectivity index is 2.28. The molecular formula is C11H21NO3. The van der Waals surface area contributed by atoms with E-state index in [-0.39, 0.29) is 11.6 Å². The molecule has 0 amide bonds. The molecule has 0 radical (unpaired) electrons. The average molecular weight is 215 g/mol. The van der Waals surface area contributed by atoms with Crippen LogP contribution in [0.1, 0.15) is 39.5 Å². The lowest BCUT2D eigenvalue weighted by molar-refractivity contribution is -0.139. The Morgan fingerprint density at radius 1 is 1.53 bits per heavy atom. The Bertz CT molecular complexity index is 228. The van der Waals surface area contributed by atoms with E-state index in [0.29, 0.717) is 6.04 Å². The molecule has 0 aliphatic carbocycles. The first-order valence-electron chi connectivity index (χ1n) is 5.48. The van der Waals surface area contributed by atoms with E-state index in [4.69, 9.17) is 9.84 Å². The third kappa shape index (κ3) is 3.80. The molecule has 0 aromatic carbocycles. The molecule has 2 N–H and O–H groups in total. The Kier molecular flexibility index (Phi) is 4.11. The zero-order chi connectivity index (χ0) is 11.5.